The van der Waals surface area contributed by atoms with Crippen LogP contribution in [-0.4, -0.2) is 59.8 Å². The lowest BCUT2D eigenvalue weighted by molar-refractivity contribution is 0.149. The van der Waals surface area contributed by atoms with E-state index in [1.165, 1.54) is 0 Å². The number of fused-ring (bicyclic) bond motifs is 1. The Morgan fingerprint density at radius 2 is 2.00 bits per heavy atom. The van der Waals surface area contributed by atoms with Crippen molar-refractivity contribution < 1.29 is 4.79 Å². The van der Waals surface area contributed by atoms with Gasteiger partial charge in [-0.05, 0) is 26.7 Å². The Morgan fingerprint density at radius 1 is 1.20 bits per heavy atom. The maximum Gasteiger partial charge on any atom is 0.320 e. The Balaban J connectivity index is 1.56. The fraction of sp³-hybridized carbons (Fsp3) is 0.647. The summed E-state index contributed by atoms with van der Waals surface area (Å²) in [5.41, 5.74) is 0. The Bertz CT molecular complexity index is 759. The number of nitrogens with zero attached hydrogens (tertiary/aromatic N) is 7. The van der Waals surface area contributed by atoms with Crippen LogP contribution in [0.3, 0.4) is 0 Å². The van der Waals surface area contributed by atoms with Gasteiger partial charge in [-0.25, -0.2) is 19.4 Å². The number of amides is 2. The molecule has 134 valence electrons. The van der Waals surface area contributed by atoms with Crippen LogP contribution in [0.25, 0.3) is 0 Å². The van der Waals surface area contributed by atoms with Crippen molar-refractivity contribution >= 4 is 6.03 Å². The van der Waals surface area contributed by atoms with Crippen LogP contribution in [0.2, 0.25) is 0 Å². The predicted molar refractivity (Wildman–Crippen MR) is 91.8 cm³/mol. The summed E-state index contributed by atoms with van der Waals surface area (Å²) in [6.07, 6.45) is 6.04. The molecule has 2 aliphatic heterocycles. The van der Waals surface area contributed by atoms with Gasteiger partial charge in [-0.1, -0.05) is 0 Å². The van der Waals surface area contributed by atoms with Crippen molar-refractivity contribution in [3.63, 3.8) is 0 Å². The zero-order valence-electron chi connectivity index (χ0n) is 14.9. The maximum atomic E-state index is 12.9. The van der Waals surface area contributed by atoms with Crippen LogP contribution in [0.1, 0.15) is 30.3 Å². The number of urea groups is 1. The zero-order chi connectivity index (χ0) is 17.4. The van der Waals surface area contributed by atoms with Crippen molar-refractivity contribution in [3.05, 3.63) is 29.9 Å². The number of hydrogen-bond donors (Lipinski definition) is 0. The molecule has 1 atom stereocenters. The lowest BCUT2D eigenvalue weighted by Crippen LogP contribution is -2.43. The first kappa shape index (κ1) is 16.1. The molecule has 8 nitrogen and oxygen atoms in total. The first-order chi connectivity index (χ1) is 12.1. The fourth-order valence-corrected chi connectivity index (χ4v) is 3.89. The summed E-state index contributed by atoms with van der Waals surface area (Å²) in [6.45, 7) is 8.53. The Labute approximate surface area is 147 Å². The Kier molecular flexibility index (Phi) is 4.19. The van der Waals surface area contributed by atoms with E-state index in [2.05, 4.69) is 19.6 Å². The lowest BCUT2D eigenvalue weighted by atomic mass is 10.1. The van der Waals surface area contributed by atoms with Crippen molar-refractivity contribution in [2.24, 2.45) is 5.92 Å². The van der Waals surface area contributed by atoms with Gasteiger partial charge >= 0.3 is 6.03 Å². The van der Waals surface area contributed by atoms with Gasteiger partial charge in [0.2, 0.25) is 0 Å². The molecule has 0 bridgehead atoms. The van der Waals surface area contributed by atoms with Crippen LogP contribution in [0.4, 0.5) is 4.79 Å². The number of hydrogen-bond acceptors (Lipinski definition) is 4. The minimum Gasteiger partial charge on any atom is -0.333 e. The number of carbonyl (C=O) groups is 1. The number of imidazole rings is 1. The van der Waals surface area contributed by atoms with Gasteiger partial charge in [-0.3, -0.25) is 0 Å². The fourth-order valence-electron chi connectivity index (χ4n) is 3.89. The molecule has 0 spiro atoms. The Morgan fingerprint density at radius 3 is 2.72 bits per heavy atom. The SMILES string of the molecule is Cc1nc(C)n(C[C@H]2CN(C(=O)N3CCCC3)Cc3nccn3C2)n1. The highest BCUT2D eigenvalue weighted by Gasteiger charge is 2.30. The van der Waals surface area contributed by atoms with E-state index in [1.54, 1.807) is 0 Å². The van der Waals surface area contributed by atoms with E-state index in [4.69, 9.17) is 0 Å². The molecule has 0 N–H and O–H groups in total. The number of likely N-dealkylation sites (tertiary alicyclic amines) is 1. The molecule has 25 heavy (non-hydrogen) atoms. The molecule has 0 aliphatic carbocycles. The molecule has 0 saturated carbocycles. The number of rotatable bonds is 2. The van der Waals surface area contributed by atoms with Crippen molar-refractivity contribution in [2.45, 2.75) is 46.3 Å². The third kappa shape index (κ3) is 3.25. The van der Waals surface area contributed by atoms with E-state index in [0.717, 1.165) is 63.0 Å². The molecule has 2 aromatic heterocycles. The normalized spacial score (nSPS) is 20.6. The van der Waals surface area contributed by atoms with Gasteiger partial charge < -0.3 is 14.4 Å². The third-order valence-electron chi connectivity index (χ3n) is 5.11. The van der Waals surface area contributed by atoms with Crippen molar-refractivity contribution in [3.8, 4) is 0 Å². The van der Waals surface area contributed by atoms with Crippen LogP contribution in [0.5, 0.6) is 0 Å². The maximum absolute atomic E-state index is 12.9. The lowest BCUT2D eigenvalue weighted by Gasteiger charge is -2.28. The molecule has 1 saturated heterocycles. The van der Waals surface area contributed by atoms with Gasteiger partial charge in [0.1, 0.15) is 17.5 Å². The number of aromatic nitrogens is 5. The van der Waals surface area contributed by atoms with E-state index < -0.39 is 0 Å². The van der Waals surface area contributed by atoms with Gasteiger partial charge in [-0.2, -0.15) is 5.10 Å². The van der Waals surface area contributed by atoms with Crippen molar-refractivity contribution in [2.75, 3.05) is 19.6 Å². The summed E-state index contributed by atoms with van der Waals surface area (Å²) in [6, 6.07) is 0.144. The van der Waals surface area contributed by atoms with E-state index in [0.29, 0.717) is 6.54 Å². The summed E-state index contributed by atoms with van der Waals surface area (Å²) in [4.78, 5) is 25.7. The molecule has 2 amide bonds. The van der Waals surface area contributed by atoms with Crippen molar-refractivity contribution in [1.29, 1.82) is 0 Å². The largest absolute Gasteiger partial charge is 0.333 e. The minimum atomic E-state index is 0.144. The Hall–Kier alpha value is -2.38. The van der Waals surface area contributed by atoms with Crippen LogP contribution < -0.4 is 0 Å². The molecule has 0 radical (unpaired) electrons. The van der Waals surface area contributed by atoms with E-state index >= 15 is 0 Å². The second-order valence-corrected chi connectivity index (χ2v) is 7.11. The molecule has 0 unspecified atom stereocenters. The van der Waals surface area contributed by atoms with Crippen LogP contribution in [0.15, 0.2) is 12.4 Å². The van der Waals surface area contributed by atoms with Gasteiger partial charge in [0.15, 0.2) is 0 Å². The summed E-state index contributed by atoms with van der Waals surface area (Å²) in [5.74, 6) is 2.95. The summed E-state index contributed by atoms with van der Waals surface area (Å²) in [7, 11) is 0. The molecule has 2 aliphatic rings. The molecular formula is C17H25N7O. The highest BCUT2D eigenvalue weighted by atomic mass is 16.2. The van der Waals surface area contributed by atoms with E-state index in [-0.39, 0.29) is 11.9 Å². The van der Waals surface area contributed by atoms with Gasteiger partial charge in [-0.15, -0.1) is 0 Å². The first-order valence-corrected chi connectivity index (χ1v) is 9.02. The second kappa shape index (κ2) is 6.50. The number of aryl methyl sites for hydroxylation is 2. The minimum absolute atomic E-state index is 0.144. The van der Waals surface area contributed by atoms with E-state index in [9.17, 15) is 4.79 Å². The average molecular weight is 343 g/mol. The predicted octanol–water partition coefficient (Wildman–Crippen LogP) is 1.44. The number of carbonyl (C=O) groups excluding carboxylic acids is 1. The molecule has 8 heteroatoms. The molecule has 4 rings (SSSR count). The third-order valence-corrected chi connectivity index (χ3v) is 5.11. The second-order valence-electron chi connectivity index (χ2n) is 7.11. The smallest absolute Gasteiger partial charge is 0.320 e. The topological polar surface area (TPSA) is 72.1 Å². The molecule has 0 aromatic carbocycles. The van der Waals surface area contributed by atoms with Gasteiger partial charge in [0.25, 0.3) is 0 Å². The standard InChI is InChI=1S/C17H25N7O/c1-13-19-14(2)24(20-13)11-15-9-22-8-5-18-16(22)12-23(10-15)17(25)21-6-3-4-7-21/h5,8,15H,3-4,6-7,9-12H2,1-2H3/t15-/m1/s1. The molecule has 1 fully saturated rings. The van der Waals surface area contributed by atoms with Crippen LogP contribution in [-0.2, 0) is 19.6 Å². The molecular weight excluding hydrogens is 318 g/mol. The zero-order valence-corrected chi connectivity index (χ0v) is 14.9. The first-order valence-electron chi connectivity index (χ1n) is 9.02. The van der Waals surface area contributed by atoms with Gasteiger partial charge in [0.05, 0.1) is 6.54 Å². The quantitative estimate of drug-likeness (QED) is 0.827. The van der Waals surface area contributed by atoms with Crippen molar-refractivity contribution in [1.82, 2.24) is 34.1 Å². The molecule has 2 aromatic rings. The summed E-state index contributed by atoms with van der Waals surface area (Å²) in [5, 5.41) is 4.49. The monoisotopic (exact) mass is 343 g/mol. The highest BCUT2D eigenvalue weighted by Crippen LogP contribution is 2.20. The van der Waals surface area contributed by atoms with Gasteiger partial charge in [0, 0.05) is 51.0 Å². The molecule has 4 heterocycles. The summed E-state index contributed by atoms with van der Waals surface area (Å²) < 4.78 is 4.13. The van der Waals surface area contributed by atoms with Crippen LogP contribution >= 0.6 is 0 Å². The summed E-state index contributed by atoms with van der Waals surface area (Å²) >= 11 is 0. The van der Waals surface area contributed by atoms with Crippen LogP contribution in [0, 0.1) is 19.8 Å². The van der Waals surface area contributed by atoms with E-state index in [1.807, 2.05) is 40.7 Å². The highest BCUT2D eigenvalue weighted by molar-refractivity contribution is 5.74. The average Bonchev–Trinajstić information content (AvgIpc) is 3.28.